The minimum atomic E-state index is -0.746. The molecular weight excluding hydrogens is 138 g/mol. The van der Waals surface area contributed by atoms with E-state index >= 15 is 0 Å². The van der Waals surface area contributed by atoms with Crippen molar-refractivity contribution in [2.75, 3.05) is 0 Å². The van der Waals surface area contributed by atoms with E-state index in [9.17, 15) is 0 Å². The van der Waals surface area contributed by atoms with Crippen LogP contribution in [-0.4, -0.2) is 14.1 Å². The molecule has 10 heavy (non-hydrogen) atoms. The first-order valence-corrected chi connectivity index (χ1v) is 7.68. The van der Waals surface area contributed by atoms with E-state index in [0.29, 0.717) is 6.04 Å². The molecule has 2 heteroatoms. The normalized spacial score (nSPS) is 34.2. The van der Waals surface area contributed by atoms with E-state index < -0.39 is 8.07 Å². The van der Waals surface area contributed by atoms with E-state index in [2.05, 4.69) is 20.0 Å². The summed E-state index contributed by atoms with van der Waals surface area (Å²) in [6, 6.07) is 3.40. The van der Waals surface area contributed by atoms with Crippen LogP contribution in [0.25, 0.3) is 0 Å². The Hall–Kier alpha value is 0.177. The smallest absolute Gasteiger partial charge is 0.0477 e. The Morgan fingerprint density at radius 3 is 2.30 bits per heavy atom. The van der Waals surface area contributed by atoms with E-state index in [1.165, 1.54) is 18.5 Å². The largest absolute Gasteiger partial charge is 0.328 e. The standard InChI is InChI=1S/C8H19NSi/c1-7(9)8-4-5-10(2,3)6-8/h7-8H,4-6,9H2,1-3H3/t7-,8?/m0/s1. The third kappa shape index (κ3) is 1.83. The molecule has 0 saturated carbocycles. The van der Waals surface area contributed by atoms with Crippen molar-refractivity contribution in [3.63, 3.8) is 0 Å². The van der Waals surface area contributed by atoms with Crippen LogP contribution in [0.3, 0.4) is 0 Å². The zero-order valence-electron chi connectivity index (χ0n) is 7.35. The van der Waals surface area contributed by atoms with Crippen molar-refractivity contribution in [2.45, 2.75) is 44.6 Å². The quantitative estimate of drug-likeness (QED) is 0.579. The second kappa shape index (κ2) is 2.66. The molecule has 0 bridgehead atoms. The van der Waals surface area contributed by atoms with E-state index in [0.717, 1.165) is 5.92 Å². The summed E-state index contributed by atoms with van der Waals surface area (Å²) in [5.74, 6) is 0.849. The van der Waals surface area contributed by atoms with Crippen LogP contribution in [0.4, 0.5) is 0 Å². The zero-order valence-corrected chi connectivity index (χ0v) is 8.35. The Bertz CT molecular complexity index is 120. The molecule has 0 aromatic carbocycles. The predicted molar refractivity (Wildman–Crippen MR) is 48.9 cm³/mol. The maximum atomic E-state index is 5.84. The van der Waals surface area contributed by atoms with Gasteiger partial charge in [-0.15, -0.1) is 0 Å². The van der Waals surface area contributed by atoms with Crippen molar-refractivity contribution in [1.82, 2.24) is 0 Å². The van der Waals surface area contributed by atoms with Gasteiger partial charge in [-0.2, -0.15) is 0 Å². The summed E-state index contributed by atoms with van der Waals surface area (Å²) in [4.78, 5) is 0. The molecule has 1 nitrogen and oxygen atoms in total. The van der Waals surface area contributed by atoms with Crippen LogP contribution in [0.15, 0.2) is 0 Å². The van der Waals surface area contributed by atoms with Crippen LogP contribution >= 0.6 is 0 Å². The first kappa shape index (κ1) is 8.28. The molecule has 1 heterocycles. The van der Waals surface area contributed by atoms with Gasteiger partial charge in [0.05, 0.1) is 0 Å². The average Bonchev–Trinajstić information content (AvgIpc) is 2.10. The second-order valence-electron chi connectivity index (χ2n) is 4.53. The Balaban J connectivity index is 2.43. The van der Waals surface area contributed by atoms with Gasteiger partial charge < -0.3 is 5.73 Å². The third-order valence-corrected chi connectivity index (χ3v) is 6.02. The molecule has 1 aliphatic rings. The van der Waals surface area contributed by atoms with Crippen LogP contribution < -0.4 is 5.73 Å². The molecule has 0 aliphatic carbocycles. The predicted octanol–water partition coefficient (Wildman–Crippen LogP) is 2.06. The summed E-state index contributed by atoms with van der Waals surface area (Å²) in [5.41, 5.74) is 5.84. The molecule has 2 N–H and O–H groups in total. The highest BCUT2D eigenvalue weighted by Crippen LogP contribution is 2.35. The van der Waals surface area contributed by atoms with Crippen LogP contribution in [0, 0.1) is 5.92 Å². The van der Waals surface area contributed by atoms with Gasteiger partial charge in [0.15, 0.2) is 0 Å². The highest BCUT2D eigenvalue weighted by molar-refractivity contribution is 6.78. The van der Waals surface area contributed by atoms with Crippen molar-refractivity contribution in [1.29, 1.82) is 0 Å². The summed E-state index contributed by atoms with van der Waals surface area (Å²) in [7, 11) is -0.746. The number of nitrogens with two attached hydrogens (primary N) is 1. The summed E-state index contributed by atoms with van der Waals surface area (Å²) >= 11 is 0. The molecule has 1 unspecified atom stereocenters. The molecule has 2 atom stereocenters. The Kier molecular flexibility index (Phi) is 2.20. The molecular formula is C8H19NSi. The monoisotopic (exact) mass is 157 g/mol. The van der Waals surface area contributed by atoms with Crippen LogP contribution in [0.1, 0.15) is 13.3 Å². The second-order valence-corrected chi connectivity index (χ2v) is 9.76. The highest BCUT2D eigenvalue weighted by atomic mass is 28.3. The van der Waals surface area contributed by atoms with Crippen molar-refractivity contribution in [3.05, 3.63) is 0 Å². The fourth-order valence-corrected chi connectivity index (χ4v) is 5.29. The lowest BCUT2D eigenvalue weighted by Crippen LogP contribution is -2.27. The van der Waals surface area contributed by atoms with Crippen molar-refractivity contribution >= 4 is 8.07 Å². The fourth-order valence-electron chi connectivity index (χ4n) is 1.94. The number of hydrogen-bond acceptors (Lipinski definition) is 1. The number of rotatable bonds is 1. The van der Waals surface area contributed by atoms with Crippen molar-refractivity contribution in [2.24, 2.45) is 11.7 Å². The maximum Gasteiger partial charge on any atom is 0.0477 e. The zero-order chi connectivity index (χ0) is 7.78. The van der Waals surface area contributed by atoms with Gasteiger partial charge in [-0.05, 0) is 12.8 Å². The van der Waals surface area contributed by atoms with Gasteiger partial charge in [0.2, 0.25) is 0 Å². The first-order valence-electron chi connectivity index (χ1n) is 4.27. The SMILES string of the molecule is C[C@H](N)C1CC[Si](C)(C)C1. The Morgan fingerprint density at radius 1 is 1.50 bits per heavy atom. The molecule has 0 spiro atoms. The van der Waals surface area contributed by atoms with Crippen LogP contribution in [0.2, 0.25) is 25.2 Å². The summed E-state index contributed by atoms with van der Waals surface area (Å²) in [6.45, 7) is 7.12. The minimum absolute atomic E-state index is 0.439. The molecule has 1 aliphatic heterocycles. The summed E-state index contributed by atoms with van der Waals surface area (Å²) in [6.07, 6.45) is 1.40. The maximum absolute atomic E-state index is 5.84. The van der Waals surface area contributed by atoms with Gasteiger partial charge in [0.25, 0.3) is 0 Å². The molecule has 0 aromatic heterocycles. The highest BCUT2D eigenvalue weighted by Gasteiger charge is 2.33. The third-order valence-electron chi connectivity index (χ3n) is 2.75. The van der Waals surface area contributed by atoms with Crippen LogP contribution in [-0.2, 0) is 0 Å². The van der Waals surface area contributed by atoms with Crippen LogP contribution in [0.5, 0.6) is 0 Å². The molecule has 1 saturated heterocycles. The van der Waals surface area contributed by atoms with E-state index in [-0.39, 0.29) is 0 Å². The lowest BCUT2D eigenvalue weighted by molar-refractivity contribution is 0.488. The molecule has 0 radical (unpaired) electrons. The Morgan fingerprint density at radius 2 is 2.10 bits per heavy atom. The van der Waals surface area contributed by atoms with Gasteiger partial charge >= 0.3 is 0 Å². The molecule has 1 rings (SSSR count). The number of hydrogen-bond donors (Lipinski definition) is 1. The van der Waals surface area contributed by atoms with E-state index in [4.69, 9.17) is 5.73 Å². The van der Waals surface area contributed by atoms with Gasteiger partial charge in [-0.25, -0.2) is 0 Å². The van der Waals surface area contributed by atoms with Crippen molar-refractivity contribution < 1.29 is 0 Å². The fraction of sp³-hybridized carbons (Fsp3) is 1.00. The van der Waals surface area contributed by atoms with E-state index in [1.54, 1.807) is 0 Å². The average molecular weight is 157 g/mol. The van der Waals surface area contributed by atoms with Gasteiger partial charge in [-0.3, -0.25) is 0 Å². The minimum Gasteiger partial charge on any atom is -0.328 e. The van der Waals surface area contributed by atoms with Gasteiger partial charge in [0, 0.05) is 14.1 Å². The van der Waals surface area contributed by atoms with Gasteiger partial charge in [0.1, 0.15) is 0 Å². The molecule has 60 valence electrons. The lowest BCUT2D eigenvalue weighted by atomic mass is 10.0. The first-order chi connectivity index (χ1) is 4.51. The lowest BCUT2D eigenvalue weighted by Gasteiger charge is -2.17. The van der Waals surface area contributed by atoms with Crippen molar-refractivity contribution in [3.8, 4) is 0 Å². The summed E-state index contributed by atoms with van der Waals surface area (Å²) < 4.78 is 0. The Labute approximate surface area is 65.0 Å². The van der Waals surface area contributed by atoms with Gasteiger partial charge in [-0.1, -0.05) is 31.6 Å². The topological polar surface area (TPSA) is 26.0 Å². The van der Waals surface area contributed by atoms with E-state index in [1.807, 2.05) is 0 Å². The molecule has 0 aromatic rings. The molecule has 0 amide bonds. The summed E-state index contributed by atoms with van der Waals surface area (Å²) in [5, 5.41) is 0. The molecule has 1 fully saturated rings.